The van der Waals surface area contributed by atoms with Crippen molar-refractivity contribution in [3.8, 4) is 0 Å². The van der Waals surface area contributed by atoms with Crippen LogP contribution in [0.5, 0.6) is 0 Å². The van der Waals surface area contributed by atoms with E-state index < -0.39 is 11.0 Å². The van der Waals surface area contributed by atoms with Crippen molar-refractivity contribution in [2.24, 2.45) is 0 Å². The Bertz CT molecular complexity index is 1440. The second-order valence-corrected chi connectivity index (χ2v) is 13.4. The van der Waals surface area contributed by atoms with E-state index in [0.29, 0.717) is 17.3 Å². The van der Waals surface area contributed by atoms with Crippen LogP contribution in [0.2, 0.25) is 0 Å². The molecule has 0 saturated carbocycles. The van der Waals surface area contributed by atoms with Crippen LogP contribution in [0.25, 0.3) is 15.7 Å². The molecule has 2 aliphatic rings. The number of aryl methyl sites for hydroxylation is 1. The van der Waals surface area contributed by atoms with Crippen LogP contribution in [-0.4, -0.2) is 53.7 Å². The van der Waals surface area contributed by atoms with Crippen molar-refractivity contribution in [3.63, 3.8) is 0 Å². The number of hydrogen-bond donors (Lipinski definition) is 1. The number of carbonyl (C=O) groups excluding carboxylic acids is 1. The number of benzene rings is 2. The van der Waals surface area contributed by atoms with Crippen LogP contribution in [-0.2, 0) is 16.6 Å². The first-order valence-corrected chi connectivity index (χ1v) is 15.4. The minimum Gasteiger partial charge on any atom is -0.456 e. The number of fused-ring (bicyclic) bond motifs is 1. The number of piperidine rings is 2. The molecule has 1 N–H and O–H groups in total. The number of hydrogen-bond acceptors (Lipinski definition) is 4. The van der Waals surface area contributed by atoms with Crippen LogP contribution in [0.3, 0.4) is 0 Å². The van der Waals surface area contributed by atoms with Crippen LogP contribution < -0.4 is 4.90 Å². The molecular weight excluding hydrogens is 508 g/mol. The maximum absolute atomic E-state index is 13.6. The van der Waals surface area contributed by atoms with E-state index in [0.717, 1.165) is 41.7 Å². The Morgan fingerprint density at radius 2 is 1.71 bits per heavy atom. The van der Waals surface area contributed by atoms with Crippen LogP contribution >= 0.6 is 0 Å². The van der Waals surface area contributed by atoms with Crippen LogP contribution in [0.4, 0.5) is 11.4 Å². The van der Waals surface area contributed by atoms with E-state index in [1.807, 2.05) is 32.9 Å². The van der Waals surface area contributed by atoms with Gasteiger partial charge in [0.1, 0.15) is 5.60 Å². The molecule has 2 saturated heterocycles. The zero-order chi connectivity index (χ0) is 29.4. The van der Waals surface area contributed by atoms with E-state index in [2.05, 4.69) is 58.6 Å². The van der Waals surface area contributed by atoms with Crippen molar-refractivity contribution in [2.75, 3.05) is 31.1 Å². The van der Waals surface area contributed by atoms with E-state index in [1.54, 1.807) is 6.07 Å². The van der Waals surface area contributed by atoms with Crippen LogP contribution in [0.1, 0.15) is 101 Å². The van der Waals surface area contributed by atoms with E-state index >= 15 is 0 Å². The number of anilines is 1. The zero-order valence-corrected chi connectivity index (χ0v) is 25.8. The van der Waals surface area contributed by atoms with Gasteiger partial charge < -0.3 is 19.5 Å². The summed E-state index contributed by atoms with van der Waals surface area (Å²) < 4.78 is 5.90. The fourth-order valence-corrected chi connectivity index (χ4v) is 6.71. The predicted molar refractivity (Wildman–Crippen MR) is 168 cm³/mol. The summed E-state index contributed by atoms with van der Waals surface area (Å²) in [6, 6.07) is 13.0. The normalized spacial score (nSPS) is 17.5. The van der Waals surface area contributed by atoms with Crippen LogP contribution in [0.15, 0.2) is 36.4 Å². The molecule has 0 aliphatic carbocycles. The molecule has 218 valence electrons. The monoisotopic (exact) mass is 554 g/mol. The molecule has 1 aromatic heterocycles. The summed E-state index contributed by atoms with van der Waals surface area (Å²) in [5, 5.41) is 0.792. The SMILES string of the molecule is [C-]#[N+]c1ccc2c(C(=O)OC(C)(C)C)c(C(C)(C)c3ccc(CC)c(N4CCC(N5CCCCC5)CC4)c3)[nH]c2c1. The van der Waals surface area contributed by atoms with Crippen molar-refractivity contribution in [3.05, 3.63) is 70.2 Å². The van der Waals surface area contributed by atoms with Gasteiger partial charge in [0.2, 0.25) is 0 Å². The first-order chi connectivity index (χ1) is 19.5. The summed E-state index contributed by atoms with van der Waals surface area (Å²) in [6.45, 7) is 24.4. The molecule has 3 aromatic rings. The maximum atomic E-state index is 13.6. The average Bonchev–Trinajstić information content (AvgIpc) is 3.36. The van der Waals surface area contributed by atoms with Crippen molar-refractivity contribution in [1.82, 2.24) is 9.88 Å². The van der Waals surface area contributed by atoms with Gasteiger partial charge in [-0.05, 0) is 89.2 Å². The number of H-pyrrole nitrogens is 1. The third-order valence-corrected chi connectivity index (χ3v) is 9.04. The number of carbonyl (C=O) groups is 1. The zero-order valence-electron chi connectivity index (χ0n) is 25.8. The molecule has 0 spiro atoms. The lowest BCUT2D eigenvalue weighted by Crippen LogP contribution is -2.47. The Hall–Kier alpha value is -3.30. The third kappa shape index (κ3) is 6.02. The molecule has 0 radical (unpaired) electrons. The highest BCUT2D eigenvalue weighted by molar-refractivity contribution is 6.07. The molecule has 2 fully saturated rings. The Morgan fingerprint density at radius 3 is 2.34 bits per heavy atom. The topological polar surface area (TPSA) is 52.9 Å². The van der Waals surface area contributed by atoms with E-state index in [4.69, 9.17) is 11.3 Å². The number of likely N-dealkylation sites (tertiary alicyclic amines) is 1. The molecule has 6 heteroatoms. The van der Waals surface area contributed by atoms with Crippen molar-refractivity contribution < 1.29 is 9.53 Å². The summed E-state index contributed by atoms with van der Waals surface area (Å²) in [5.41, 5.74) is 5.43. The second kappa shape index (κ2) is 11.5. The van der Waals surface area contributed by atoms with Crippen molar-refractivity contribution in [1.29, 1.82) is 0 Å². The fraction of sp³-hybridized carbons (Fsp3) is 0.543. The Balaban J connectivity index is 1.51. The molecule has 2 aliphatic heterocycles. The Labute approximate surface area is 245 Å². The molecule has 0 amide bonds. The highest BCUT2D eigenvalue weighted by atomic mass is 16.6. The summed E-state index contributed by atoms with van der Waals surface area (Å²) >= 11 is 0. The summed E-state index contributed by atoms with van der Waals surface area (Å²) in [6.07, 6.45) is 7.47. The average molecular weight is 555 g/mol. The number of aromatic amines is 1. The van der Waals surface area contributed by atoms with Crippen molar-refractivity contribution >= 4 is 28.2 Å². The summed E-state index contributed by atoms with van der Waals surface area (Å²) in [7, 11) is 0. The fourth-order valence-electron chi connectivity index (χ4n) is 6.71. The molecule has 2 aromatic carbocycles. The van der Waals surface area contributed by atoms with Crippen molar-refractivity contribution in [2.45, 2.75) is 97.1 Å². The quantitative estimate of drug-likeness (QED) is 0.248. The highest BCUT2D eigenvalue weighted by Gasteiger charge is 2.35. The standard InChI is InChI=1S/C35H46N4O2/c1-8-24-12-13-25(22-30(24)39-20-16-27(17-21-39)38-18-10-9-11-19-38)35(5,6)32-31(33(40)41-34(2,3)4)28-15-14-26(36-7)23-29(28)37-32/h12-15,22-23,27,37H,8-11,16-21H2,1-6H3. The lowest BCUT2D eigenvalue weighted by atomic mass is 9.78. The lowest BCUT2D eigenvalue weighted by molar-refractivity contribution is 0.00695. The van der Waals surface area contributed by atoms with Gasteiger partial charge in [-0.1, -0.05) is 51.5 Å². The van der Waals surface area contributed by atoms with Crippen LogP contribution in [0, 0.1) is 6.57 Å². The largest absolute Gasteiger partial charge is 0.456 e. The number of nitrogens with one attached hydrogen (secondary N) is 1. The molecule has 0 unspecified atom stereocenters. The minimum absolute atomic E-state index is 0.340. The van der Waals surface area contributed by atoms with E-state index in [1.165, 1.54) is 56.4 Å². The van der Waals surface area contributed by atoms with Gasteiger partial charge in [0.25, 0.3) is 0 Å². The molecule has 3 heterocycles. The molecule has 0 atom stereocenters. The Morgan fingerprint density at radius 1 is 1.00 bits per heavy atom. The molecular formula is C35H46N4O2. The maximum Gasteiger partial charge on any atom is 0.341 e. The smallest absolute Gasteiger partial charge is 0.341 e. The molecule has 41 heavy (non-hydrogen) atoms. The van der Waals surface area contributed by atoms with E-state index in [9.17, 15) is 4.79 Å². The van der Waals surface area contributed by atoms with Gasteiger partial charge in [0, 0.05) is 46.8 Å². The highest BCUT2D eigenvalue weighted by Crippen LogP contribution is 2.40. The number of rotatable bonds is 6. The third-order valence-electron chi connectivity index (χ3n) is 9.04. The van der Waals surface area contributed by atoms with Gasteiger partial charge in [-0.25, -0.2) is 9.64 Å². The van der Waals surface area contributed by atoms with Gasteiger partial charge in [-0.3, -0.25) is 0 Å². The molecule has 0 bridgehead atoms. The summed E-state index contributed by atoms with van der Waals surface area (Å²) in [5.74, 6) is -0.340. The number of esters is 1. The first-order valence-electron chi connectivity index (χ1n) is 15.4. The number of aromatic nitrogens is 1. The number of nitrogens with zero attached hydrogens (tertiary/aromatic N) is 3. The minimum atomic E-state index is -0.616. The predicted octanol–water partition coefficient (Wildman–Crippen LogP) is 8.02. The Kier molecular flexibility index (Phi) is 8.21. The molecule has 6 nitrogen and oxygen atoms in total. The van der Waals surface area contributed by atoms with Gasteiger partial charge >= 0.3 is 5.97 Å². The van der Waals surface area contributed by atoms with Gasteiger partial charge in [0.15, 0.2) is 5.69 Å². The second-order valence-electron chi connectivity index (χ2n) is 13.4. The summed E-state index contributed by atoms with van der Waals surface area (Å²) in [4.78, 5) is 26.1. The first kappa shape index (κ1) is 29.2. The van der Waals surface area contributed by atoms with Gasteiger partial charge in [-0.15, -0.1) is 0 Å². The van der Waals surface area contributed by atoms with Gasteiger partial charge in [-0.2, -0.15) is 0 Å². The number of ether oxygens (including phenoxy) is 1. The lowest BCUT2D eigenvalue weighted by Gasteiger charge is -2.41. The van der Waals surface area contributed by atoms with Gasteiger partial charge in [0.05, 0.1) is 12.1 Å². The van der Waals surface area contributed by atoms with E-state index in [-0.39, 0.29) is 5.97 Å². The molecule has 5 rings (SSSR count).